The number of terminal acetylenes is 1. The van der Waals surface area contributed by atoms with Gasteiger partial charge in [-0.15, -0.1) is 6.42 Å². The zero-order valence-electron chi connectivity index (χ0n) is 19.6. The van der Waals surface area contributed by atoms with E-state index in [0.717, 1.165) is 10.9 Å². The molecule has 1 aliphatic heterocycles. The van der Waals surface area contributed by atoms with Gasteiger partial charge in [-0.3, -0.25) is 19.2 Å². The number of nitrogens with zero attached hydrogens (tertiary/aromatic N) is 1. The Balaban J connectivity index is 1.76. The fourth-order valence-corrected chi connectivity index (χ4v) is 4.10. The van der Waals surface area contributed by atoms with E-state index in [1.807, 2.05) is 31.9 Å². The number of fused-ring (bicyclic) bond motifs is 1. The number of ether oxygens (including phenoxy) is 1. The Labute approximate surface area is 198 Å². The fourth-order valence-electron chi connectivity index (χ4n) is 4.10. The molecule has 9 heteroatoms. The van der Waals surface area contributed by atoms with Crippen molar-refractivity contribution in [2.24, 2.45) is 11.8 Å². The van der Waals surface area contributed by atoms with E-state index in [1.54, 1.807) is 19.2 Å². The highest BCUT2D eigenvalue weighted by Gasteiger charge is 2.31. The summed E-state index contributed by atoms with van der Waals surface area (Å²) < 4.78 is 5.34. The van der Waals surface area contributed by atoms with Crippen LogP contribution in [0.5, 0.6) is 5.75 Å². The van der Waals surface area contributed by atoms with E-state index < -0.39 is 23.8 Å². The first-order valence-corrected chi connectivity index (χ1v) is 11.3. The lowest BCUT2D eigenvalue weighted by Gasteiger charge is -2.25. The summed E-state index contributed by atoms with van der Waals surface area (Å²) >= 11 is 0. The summed E-state index contributed by atoms with van der Waals surface area (Å²) in [6, 6.07) is 6.28. The lowest BCUT2D eigenvalue weighted by molar-refractivity contribution is -0.133. The second kappa shape index (κ2) is 10.9. The first-order chi connectivity index (χ1) is 16.2. The van der Waals surface area contributed by atoms with Crippen LogP contribution < -0.4 is 15.4 Å². The third-order valence-electron chi connectivity index (χ3n) is 5.85. The number of carbonyl (C=O) groups excluding carboxylic acids is 4. The molecule has 1 aliphatic rings. The van der Waals surface area contributed by atoms with Crippen LogP contribution in [0.1, 0.15) is 37.2 Å². The molecule has 1 aromatic heterocycles. The summed E-state index contributed by atoms with van der Waals surface area (Å²) in [5, 5.41) is 6.27. The molecule has 3 amide bonds. The summed E-state index contributed by atoms with van der Waals surface area (Å²) in [5.74, 6) is 0.734. The third-order valence-corrected chi connectivity index (χ3v) is 5.85. The van der Waals surface area contributed by atoms with Crippen LogP contribution in [-0.2, 0) is 14.4 Å². The molecule has 0 radical (unpaired) electrons. The van der Waals surface area contributed by atoms with Gasteiger partial charge in [-0.1, -0.05) is 19.9 Å². The first-order valence-electron chi connectivity index (χ1n) is 11.3. The van der Waals surface area contributed by atoms with E-state index in [-0.39, 0.29) is 30.7 Å². The van der Waals surface area contributed by atoms with Crippen LogP contribution >= 0.6 is 0 Å². The van der Waals surface area contributed by atoms with E-state index in [1.165, 1.54) is 4.90 Å². The second-order valence-corrected chi connectivity index (χ2v) is 8.83. The molecule has 180 valence electrons. The molecule has 0 spiro atoms. The smallest absolute Gasteiger partial charge is 0.298 e. The van der Waals surface area contributed by atoms with Crippen LogP contribution in [-0.4, -0.2) is 66.2 Å². The van der Waals surface area contributed by atoms with Crippen molar-refractivity contribution < 1.29 is 23.9 Å². The number of aromatic nitrogens is 1. The number of hydrogen-bond donors (Lipinski definition) is 3. The van der Waals surface area contributed by atoms with Crippen LogP contribution in [0.25, 0.3) is 10.9 Å². The minimum atomic E-state index is -0.828. The van der Waals surface area contributed by atoms with Crippen molar-refractivity contribution >= 4 is 34.4 Å². The molecule has 1 fully saturated rings. The minimum Gasteiger partial charge on any atom is -0.496 e. The van der Waals surface area contributed by atoms with Gasteiger partial charge in [-0.05, 0) is 42.9 Å². The lowest BCUT2D eigenvalue weighted by Crippen LogP contribution is -2.48. The number of amides is 3. The second-order valence-electron chi connectivity index (χ2n) is 8.83. The van der Waals surface area contributed by atoms with E-state index in [9.17, 15) is 19.2 Å². The SMILES string of the molecule is C#CC(=O)N(CC(=O)[C@H](CC(C)C)NC(=O)c1cc2c(OC)cccc2[nH]1)C[C@@H]1CCNC1=O. The Morgan fingerprint density at radius 1 is 1.32 bits per heavy atom. The van der Waals surface area contributed by atoms with Gasteiger partial charge in [0.05, 0.1) is 25.6 Å². The molecule has 0 unspecified atom stereocenters. The lowest BCUT2D eigenvalue weighted by atomic mass is 9.99. The van der Waals surface area contributed by atoms with Crippen molar-refractivity contribution in [1.82, 2.24) is 20.5 Å². The number of methoxy groups -OCH3 is 1. The summed E-state index contributed by atoms with van der Waals surface area (Å²) in [5.41, 5.74) is 1.03. The predicted octanol–water partition coefficient (Wildman–Crippen LogP) is 1.49. The monoisotopic (exact) mass is 466 g/mol. The summed E-state index contributed by atoms with van der Waals surface area (Å²) in [4.78, 5) is 54.7. The Morgan fingerprint density at radius 2 is 2.09 bits per heavy atom. The van der Waals surface area contributed by atoms with Gasteiger partial charge in [0.1, 0.15) is 11.4 Å². The van der Waals surface area contributed by atoms with Crippen LogP contribution in [0.3, 0.4) is 0 Å². The quantitative estimate of drug-likeness (QED) is 0.458. The maximum Gasteiger partial charge on any atom is 0.298 e. The van der Waals surface area contributed by atoms with Crippen LogP contribution in [0.4, 0.5) is 0 Å². The molecule has 0 aliphatic carbocycles. The zero-order valence-corrected chi connectivity index (χ0v) is 19.6. The molecule has 1 aromatic carbocycles. The molecule has 2 heterocycles. The number of ketones is 1. The van der Waals surface area contributed by atoms with E-state index in [0.29, 0.717) is 30.8 Å². The van der Waals surface area contributed by atoms with Crippen LogP contribution in [0.15, 0.2) is 24.3 Å². The average Bonchev–Trinajstić information content (AvgIpc) is 3.43. The Kier molecular flexibility index (Phi) is 7.95. The highest BCUT2D eigenvalue weighted by atomic mass is 16.5. The normalized spacial score (nSPS) is 16.1. The largest absolute Gasteiger partial charge is 0.496 e. The molecule has 9 nitrogen and oxygen atoms in total. The molecule has 34 heavy (non-hydrogen) atoms. The molecular weight excluding hydrogens is 436 g/mol. The van der Waals surface area contributed by atoms with Gasteiger partial charge in [0.25, 0.3) is 11.8 Å². The number of H-pyrrole nitrogens is 1. The number of nitrogens with one attached hydrogen (secondary N) is 3. The Hall–Kier alpha value is -3.80. The van der Waals surface area contributed by atoms with Crippen molar-refractivity contribution in [3.05, 3.63) is 30.0 Å². The maximum atomic E-state index is 13.2. The number of aromatic amines is 1. The van der Waals surface area contributed by atoms with Gasteiger partial charge in [0.2, 0.25) is 5.91 Å². The molecule has 0 bridgehead atoms. The zero-order chi connectivity index (χ0) is 24.8. The highest BCUT2D eigenvalue weighted by molar-refractivity contribution is 6.02. The van der Waals surface area contributed by atoms with Crippen LogP contribution in [0, 0.1) is 24.2 Å². The molecule has 3 rings (SSSR count). The molecular formula is C25H30N4O5. The number of benzene rings is 1. The average molecular weight is 467 g/mol. The summed E-state index contributed by atoms with van der Waals surface area (Å²) in [6.45, 7) is 4.17. The number of rotatable bonds is 10. The predicted molar refractivity (Wildman–Crippen MR) is 127 cm³/mol. The Bertz CT molecular complexity index is 1130. The van der Waals surface area contributed by atoms with Crippen LogP contribution in [0.2, 0.25) is 0 Å². The summed E-state index contributed by atoms with van der Waals surface area (Å²) in [7, 11) is 1.55. The van der Waals surface area contributed by atoms with Crippen molar-refractivity contribution in [2.75, 3.05) is 26.7 Å². The standard InChI is InChI=1S/C25H30N4O5/c1-5-23(31)29(13-16-9-10-26-24(16)32)14-21(30)19(11-15(2)3)28-25(33)20-12-17-18(27-20)7-6-8-22(17)34-4/h1,6-8,12,15-16,19,27H,9-11,13-14H2,2-4H3,(H,26,32)(H,28,33)/t16-,19-/m0/s1. The van der Waals surface area contributed by atoms with Gasteiger partial charge < -0.3 is 25.3 Å². The van der Waals surface area contributed by atoms with Gasteiger partial charge in [-0.2, -0.15) is 0 Å². The highest BCUT2D eigenvalue weighted by Crippen LogP contribution is 2.26. The molecule has 0 saturated carbocycles. The minimum absolute atomic E-state index is 0.0603. The maximum absolute atomic E-state index is 13.2. The Morgan fingerprint density at radius 3 is 2.71 bits per heavy atom. The number of Topliss-reactive ketones (excluding diaryl/α,β-unsaturated/α-hetero) is 1. The molecule has 3 N–H and O–H groups in total. The summed E-state index contributed by atoms with van der Waals surface area (Å²) in [6.07, 6.45) is 6.25. The third kappa shape index (κ3) is 5.76. The number of hydrogen-bond acceptors (Lipinski definition) is 5. The van der Waals surface area contributed by atoms with E-state index in [4.69, 9.17) is 11.2 Å². The van der Waals surface area contributed by atoms with Gasteiger partial charge >= 0.3 is 0 Å². The molecule has 2 aromatic rings. The van der Waals surface area contributed by atoms with Crippen molar-refractivity contribution in [3.8, 4) is 18.1 Å². The van der Waals surface area contributed by atoms with Crippen molar-refractivity contribution in [2.45, 2.75) is 32.7 Å². The van der Waals surface area contributed by atoms with Gasteiger partial charge in [-0.25, -0.2) is 0 Å². The molecule has 2 atom stereocenters. The van der Waals surface area contributed by atoms with Crippen molar-refractivity contribution in [3.63, 3.8) is 0 Å². The van der Waals surface area contributed by atoms with Gasteiger partial charge in [0, 0.05) is 24.0 Å². The topological polar surface area (TPSA) is 121 Å². The van der Waals surface area contributed by atoms with E-state index in [2.05, 4.69) is 15.6 Å². The van der Waals surface area contributed by atoms with E-state index >= 15 is 0 Å². The number of carbonyl (C=O) groups is 4. The fraction of sp³-hybridized carbons (Fsp3) is 0.440. The molecule has 1 saturated heterocycles. The first kappa shape index (κ1) is 24.8. The van der Waals surface area contributed by atoms with Crippen molar-refractivity contribution in [1.29, 1.82) is 0 Å². The van der Waals surface area contributed by atoms with Gasteiger partial charge in [0.15, 0.2) is 5.78 Å².